The predicted octanol–water partition coefficient (Wildman–Crippen LogP) is 11.2. The summed E-state index contributed by atoms with van der Waals surface area (Å²) in [5.74, 6) is 0.663. The van der Waals surface area contributed by atoms with Crippen molar-refractivity contribution in [1.82, 2.24) is 19.1 Å². The summed E-state index contributed by atoms with van der Waals surface area (Å²) >= 11 is 0. The number of fused-ring (bicyclic) bond motifs is 8. The van der Waals surface area contributed by atoms with Crippen LogP contribution in [-0.4, -0.2) is 19.1 Å². The number of para-hydroxylation sites is 3. The van der Waals surface area contributed by atoms with Crippen molar-refractivity contribution in [3.05, 3.63) is 170 Å². The van der Waals surface area contributed by atoms with Gasteiger partial charge in [0.25, 0.3) is 0 Å². The van der Waals surface area contributed by atoms with Crippen molar-refractivity contribution in [1.29, 1.82) is 0 Å². The second-order valence-corrected chi connectivity index (χ2v) is 12.3. The van der Waals surface area contributed by atoms with Crippen LogP contribution in [0.2, 0.25) is 0 Å². The van der Waals surface area contributed by atoms with E-state index in [0.29, 0.717) is 5.95 Å². The van der Waals surface area contributed by atoms with Crippen LogP contribution in [0.1, 0.15) is 0 Å². The van der Waals surface area contributed by atoms with E-state index < -0.39 is 0 Å². The predicted molar refractivity (Wildman–Crippen MR) is 199 cm³/mol. The van der Waals surface area contributed by atoms with E-state index in [1.165, 1.54) is 48.9 Å². The Balaban J connectivity index is 1.12. The molecule has 3 aromatic heterocycles. The molecule has 0 N–H and O–H groups in total. The summed E-state index contributed by atoms with van der Waals surface area (Å²) in [6.07, 6.45) is 1.88. The van der Waals surface area contributed by atoms with Crippen LogP contribution in [0.3, 0.4) is 0 Å². The molecule has 10 rings (SSSR count). The Morgan fingerprint density at radius 3 is 1.92 bits per heavy atom. The van der Waals surface area contributed by atoms with Crippen LogP contribution in [0.5, 0.6) is 0 Å². The monoisotopic (exact) mass is 612 g/mol. The van der Waals surface area contributed by atoms with Gasteiger partial charge in [0.1, 0.15) is 0 Å². The molecule has 0 fully saturated rings. The molecule has 0 radical (unpaired) electrons. The number of benzene rings is 7. The standard InChI is InChI=1S/C44H28N4/c1-2-14-33(15-3-1)47-40-19-8-7-18-36(40)38-28-31(22-24-42(38)47)30-12-10-13-32(27-30)39-25-26-45-44(46-39)48-41-20-9-6-17-35(41)37-23-21-29-11-4-5-16-34(29)43(37)48/h1-28H. The van der Waals surface area contributed by atoms with Crippen LogP contribution in [0.15, 0.2) is 170 Å². The summed E-state index contributed by atoms with van der Waals surface area (Å²) in [6, 6.07) is 58.2. The first-order valence-corrected chi connectivity index (χ1v) is 16.3. The summed E-state index contributed by atoms with van der Waals surface area (Å²) < 4.78 is 4.57. The van der Waals surface area contributed by atoms with Crippen LogP contribution in [0.4, 0.5) is 0 Å². The van der Waals surface area contributed by atoms with Gasteiger partial charge in [-0.15, -0.1) is 0 Å². The van der Waals surface area contributed by atoms with E-state index in [1.807, 2.05) is 12.3 Å². The van der Waals surface area contributed by atoms with E-state index in [9.17, 15) is 0 Å². The van der Waals surface area contributed by atoms with Crippen molar-refractivity contribution in [3.63, 3.8) is 0 Å². The van der Waals surface area contributed by atoms with E-state index in [-0.39, 0.29) is 0 Å². The first kappa shape index (κ1) is 26.7. The third kappa shape index (κ3) is 4.03. The van der Waals surface area contributed by atoms with Gasteiger partial charge in [0.05, 0.1) is 27.8 Å². The minimum atomic E-state index is 0.663. The second-order valence-electron chi connectivity index (χ2n) is 12.3. The zero-order valence-electron chi connectivity index (χ0n) is 26.0. The molecule has 0 spiro atoms. The highest BCUT2D eigenvalue weighted by molar-refractivity contribution is 6.18. The van der Waals surface area contributed by atoms with Crippen molar-refractivity contribution in [2.75, 3.05) is 0 Å². The molecule has 0 aliphatic rings. The largest absolute Gasteiger partial charge is 0.309 e. The van der Waals surface area contributed by atoms with Gasteiger partial charge in [-0.1, -0.05) is 115 Å². The average Bonchev–Trinajstić information content (AvgIpc) is 3.68. The average molecular weight is 613 g/mol. The molecular weight excluding hydrogens is 585 g/mol. The van der Waals surface area contributed by atoms with Crippen LogP contribution >= 0.6 is 0 Å². The molecule has 10 aromatic rings. The number of rotatable bonds is 4. The lowest BCUT2D eigenvalue weighted by Crippen LogP contribution is -2.02. The Bertz CT molecular complexity index is 2840. The van der Waals surface area contributed by atoms with Crippen molar-refractivity contribution in [3.8, 4) is 34.0 Å². The van der Waals surface area contributed by atoms with E-state index in [4.69, 9.17) is 9.97 Å². The molecule has 7 aromatic carbocycles. The fraction of sp³-hybridized carbons (Fsp3) is 0. The lowest BCUT2D eigenvalue weighted by Gasteiger charge is -2.11. The Kier molecular flexibility index (Phi) is 5.84. The summed E-state index contributed by atoms with van der Waals surface area (Å²) in [7, 11) is 0. The van der Waals surface area contributed by atoms with Crippen LogP contribution < -0.4 is 0 Å². The highest BCUT2D eigenvalue weighted by Crippen LogP contribution is 2.38. The van der Waals surface area contributed by atoms with Crippen molar-refractivity contribution < 1.29 is 0 Å². The van der Waals surface area contributed by atoms with Gasteiger partial charge < -0.3 is 4.57 Å². The molecule has 48 heavy (non-hydrogen) atoms. The Labute approximate surface area is 276 Å². The molecule has 0 saturated carbocycles. The molecular formula is C44H28N4. The molecule has 224 valence electrons. The maximum absolute atomic E-state index is 5.20. The number of hydrogen-bond acceptors (Lipinski definition) is 2. The van der Waals surface area contributed by atoms with Gasteiger partial charge in [-0.05, 0) is 65.0 Å². The summed E-state index contributed by atoms with van der Waals surface area (Å²) in [4.78, 5) is 10.0. The van der Waals surface area contributed by atoms with Gasteiger partial charge in [-0.3, -0.25) is 4.57 Å². The fourth-order valence-electron chi connectivity index (χ4n) is 7.42. The first-order valence-electron chi connectivity index (χ1n) is 16.3. The van der Waals surface area contributed by atoms with Crippen LogP contribution in [-0.2, 0) is 0 Å². The van der Waals surface area contributed by atoms with E-state index >= 15 is 0 Å². The van der Waals surface area contributed by atoms with Gasteiger partial charge in [0, 0.05) is 44.4 Å². The van der Waals surface area contributed by atoms with Gasteiger partial charge in [-0.25, -0.2) is 9.97 Å². The number of aromatic nitrogens is 4. The topological polar surface area (TPSA) is 35.6 Å². The molecule has 4 nitrogen and oxygen atoms in total. The highest BCUT2D eigenvalue weighted by atomic mass is 15.2. The van der Waals surface area contributed by atoms with Crippen molar-refractivity contribution >= 4 is 54.4 Å². The van der Waals surface area contributed by atoms with Gasteiger partial charge >= 0.3 is 0 Å². The van der Waals surface area contributed by atoms with Crippen LogP contribution in [0, 0.1) is 0 Å². The molecule has 0 aliphatic heterocycles. The quantitative estimate of drug-likeness (QED) is 0.198. The third-order valence-corrected chi connectivity index (χ3v) is 9.58. The molecule has 0 aliphatic carbocycles. The molecule has 0 amide bonds. The van der Waals surface area contributed by atoms with Gasteiger partial charge in [0.15, 0.2) is 0 Å². The van der Waals surface area contributed by atoms with Crippen LogP contribution in [0.25, 0.3) is 88.4 Å². The Hall–Kier alpha value is -6.52. The Morgan fingerprint density at radius 1 is 0.396 bits per heavy atom. The van der Waals surface area contributed by atoms with E-state index in [0.717, 1.165) is 33.5 Å². The molecule has 3 heterocycles. The Morgan fingerprint density at radius 2 is 1.06 bits per heavy atom. The lowest BCUT2D eigenvalue weighted by molar-refractivity contribution is 0.994. The second kappa shape index (κ2) is 10.5. The minimum absolute atomic E-state index is 0.663. The van der Waals surface area contributed by atoms with E-state index in [1.54, 1.807) is 0 Å². The van der Waals surface area contributed by atoms with Gasteiger partial charge in [0.2, 0.25) is 5.95 Å². The fourth-order valence-corrected chi connectivity index (χ4v) is 7.42. The normalized spacial score (nSPS) is 11.8. The summed E-state index contributed by atoms with van der Waals surface area (Å²) in [5, 5.41) is 7.25. The molecule has 0 unspecified atom stereocenters. The van der Waals surface area contributed by atoms with Gasteiger partial charge in [-0.2, -0.15) is 0 Å². The van der Waals surface area contributed by atoms with E-state index in [2.05, 4.69) is 167 Å². The summed E-state index contributed by atoms with van der Waals surface area (Å²) in [6.45, 7) is 0. The first-order chi connectivity index (χ1) is 23.8. The number of nitrogens with zero attached hydrogens (tertiary/aromatic N) is 4. The zero-order chi connectivity index (χ0) is 31.6. The molecule has 4 heteroatoms. The third-order valence-electron chi connectivity index (χ3n) is 9.58. The smallest absolute Gasteiger partial charge is 0.235 e. The maximum Gasteiger partial charge on any atom is 0.235 e. The zero-order valence-corrected chi connectivity index (χ0v) is 26.0. The lowest BCUT2D eigenvalue weighted by atomic mass is 10.00. The minimum Gasteiger partial charge on any atom is -0.309 e. The van der Waals surface area contributed by atoms with Crippen molar-refractivity contribution in [2.24, 2.45) is 0 Å². The molecule has 0 bridgehead atoms. The SMILES string of the molecule is c1ccc(-n2c3ccccc3c3cc(-c4cccc(-c5ccnc(-n6c7ccccc7c7ccc8ccccc8c76)n5)c4)ccc32)cc1. The highest BCUT2D eigenvalue weighted by Gasteiger charge is 2.17. The number of hydrogen-bond donors (Lipinski definition) is 0. The summed E-state index contributed by atoms with van der Waals surface area (Å²) in [5.41, 5.74) is 10.0. The molecule has 0 saturated heterocycles. The van der Waals surface area contributed by atoms with Crippen molar-refractivity contribution in [2.45, 2.75) is 0 Å². The molecule has 0 atom stereocenters. The maximum atomic E-state index is 5.20.